The molecule has 0 aliphatic rings. The molecule has 0 radical (unpaired) electrons. The van der Waals surface area contributed by atoms with Crippen LogP contribution < -0.4 is 5.32 Å². The predicted molar refractivity (Wildman–Crippen MR) is 50.4 cm³/mol. The van der Waals surface area contributed by atoms with Crippen molar-refractivity contribution in [3.8, 4) is 0 Å². The van der Waals surface area contributed by atoms with Gasteiger partial charge in [-0.25, -0.2) is 0 Å². The second kappa shape index (κ2) is 5.14. The smallest absolute Gasteiger partial charge is 0.188 e. The number of rotatable bonds is 5. The molecule has 0 saturated heterocycles. The van der Waals surface area contributed by atoms with E-state index in [-0.39, 0.29) is 0 Å². The summed E-state index contributed by atoms with van der Waals surface area (Å²) < 4.78 is 0. The van der Waals surface area contributed by atoms with Crippen molar-refractivity contribution in [1.82, 2.24) is 25.5 Å². The quantitative estimate of drug-likeness (QED) is 0.701. The monoisotopic (exact) mass is 203 g/mol. The van der Waals surface area contributed by atoms with Gasteiger partial charge < -0.3 is 5.32 Å². The van der Waals surface area contributed by atoms with Gasteiger partial charge in [-0.05, 0) is 18.6 Å². The van der Waals surface area contributed by atoms with Crippen LogP contribution in [0.5, 0.6) is 0 Å². The third-order valence-corrected chi connectivity index (χ3v) is 1.92. The van der Waals surface area contributed by atoms with Gasteiger partial charge >= 0.3 is 0 Å². The van der Waals surface area contributed by atoms with Crippen molar-refractivity contribution in [1.29, 1.82) is 0 Å². The lowest BCUT2D eigenvalue weighted by Crippen LogP contribution is -2.26. The van der Waals surface area contributed by atoms with Crippen molar-refractivity contribution < 1.29 is 0 Å². The number of aryl methyl sites for hydroxylation is 1. The first kappa shape index (κ1) is 10.4. The molecule has 1 heterocycles. The number of nitrogens with one attached hydrogen (secondary N) is 1. The van der Waals surface area contributed by atoms with Crippen LogP contribution in [-0.4, -0.2) is 32.1 Å². The Bertz CT molecular complexity index is 249. The van der Waals surface area contributed by atoms with Gasteiger partial charge in [0.1, 0.15) is 0 Å². The summed E-state index contributed by atoms with van der Waals surface area (Å²) in [5.74, 6) is 1.38. The Morgan fingerprint density at radius 3 is 2.92 bits per heavy atom. The Hall–Kier alpha value is -0.680. The summed E-state index contributed by atoms with van der Waals surface area (Å²) >= 11 is 5.59. The number of tetrazole rings is 1. The molecule has 5 nitrogen and oxygen atoms in total. The molecule has 74 valence electrons. The molecule has 0 spiro atoms. The van der Waals surface area contributed by atoms with Crippen LogP contribution in [0.15, 0.2) is 0 Å². The Morgan fingerprint density at radius 1 is 1.62 bits per heavy atom. The fraction of sp³-hybridized carbons (Fsp3) is 0.857. The highest BCUT2D eigenvalue weighted by Crippen LogP contribution is 1.94. The van der Waals surface area contributed by atoms with Crippen LogP contribution in [0.3, 0.4) is 0 Å². The number of hydrogen-bond donors (Lipinski definition) is 1. The Labute approximate surface area is 82.5 Å². The zero-order valence-electron chi connectivity index (χ0n) is 7.87. The molecule has 13 heavy (non-hydrogen) atoms. The molecule has 0 aliphatic carbocycles. The third-order valence-electron chi connectivity index (χ3n) is 1.70. The second-order valence-corrected chi connectivity index (χ2v) is 3.33. The summed E-state index contributed by atoms with van der Waals surface area (Å²) in [6.45, 7) is 2.73. The summed E-state index contributed by atoms with van der Waals surface area (Å²) in [4.78, 5) is 1.45. The van der Waals surface area contributed by atoms with Crippen LogP contribution in [0.25, 0.3) is 0 Å². The molecule has 0 fully saturated rings. The third kappa shape index (κ3) is 3.69. The van der Waals surface area contributed by atoms with Gasteiger partial charge in [-0.1, -0.05) is 0 Å². The van der Waals surface area contributed by atoms with E-state index in [4.69, 9.17) is 11.6 Å². The van der Waals surface area contributed by atoms with Crippen molar-refractivity contribution >= 4 is 11.6 Å². The molecule has 0 aromatic carbocycles. The summed E-state index contributed by atoms with van der Waals surface area (Å²) in [7, 11) is 1.75. The lowest BCUT2D eigenvalue weighted by molar-refractivity contribution is 0.523. The molecule has 1 aromatic rings. The SMILES string of the molecule is CC(CCCl)NCc1nnn(C)n1. The number of alkyl halides is 1. The minimum atomic E-state index is 0.390. The van der Waals surface area contributed by atoms with Gasteiger partial charge in [-0.3, -0.25) is 0 Å². The molecule has 1 unspecified atom stereocenters. The molecule has 1 aromatic heterocycles. The highest BCUT2D eigenvalue weighted by Gasteiger charge is 2.03. The molecule has 0 amide bonds. The fourth-order valence-corrected chi connectivity index (χ4v) is 1.25. The van der Waals surface area contributed by atoms with Gasteiger partial charge in [0.2, 0.25) is 0 Å². The molecular weight excluding hydrogens is 190 g/mol. The van der Waals surface area contributed by atoms with Gasteiger partial charge in [0.05, 0.1) is 13.6 Å². The molecule has 0 aliphatic heterocycles. The van der Waals surface area contributed by atoms with E-state index in [2.05, 4.69) is 27.7 Å². The zero-order valence-corrected chi connectivity index (χ0v) is 8.62. The topological polar surface area (TPSA) is 55.6 Å². The average molecular weight is 204 g/mol. The lowest BCUT2D eigenvalue weighted by Gasteiger charge is -2.09. The maximum atomic E-state index is 5.59. The molecule has 0 bridgehead atoms. The van der Waals surface area contributed by atoms with E-state index in [9.17, 15) is 0 Å². The predicted octanol–water partition coefficient (Wildman–Crippen LogP) is 0.317. The highest BCUT2D eigenvalue weighted by atomic mass is 35.5. The van der Waals surface area contributed by atoms with Gasteiger partial charge in [-0.2, -0.15) is 4.80 Å². The zero-order chi connectivity index (χ0) is 9.68. The first-order valence-corrected chi connectivity index (χ1v) is 4.78. The first-order chi connectivity index (χ1) is 6.22. The molecule has 1 rings (SSSR count). The van der Waals surface area contributed by atoms with Gasteiger partial charge in [0, 0.05) is 11.9 Å². The van der Waals surface area contributed by atoms with E-state index in [1.54, 1.807) is 7.05 Å². The van der Waals surface area contributed by atoms with E-state index >= 15 is 0 Å². The maximum absolute atomic E-state index is 5.59. The van der Waals surface area contributed by atoms with Crippen LogP contribution >= 0.6 is 11.6 Å². The Balaban J connectivity index is 2.26. The van der Waals surface area contributed by atoms with Gasteiger partial charge in [0.15, 0.2) is 5.82 Å². The summed E-state index contributed by atoms with van der Waals surface area (Å²) in [5, 5.41) is 14.9. The number of halogens is 1. The first-order valence-electron chi connectivity index (χ1n) is 4.24. The van der Waals surface area contributed by atoms with E-state index in [0.717, 1.165) is 6.42 Å². The maximum Gasteiger partial charge on any atom is 0.188 e. The Morgan fingerprint density at radius 2 is 2.38 bits per heavy atom. The van der Waals surface area contributed by atoms with Crippen LogP contribution in [0.4, 0.5) is 0 Å². The molecule has 1 N–H and O–H groups in total. The van der Waals surface area contributed by atoms with E-state index < -0.39 is 0 Å². The Kier molecular flexibility index (Phi) is 4.11. The van der Waals surface area contributed by atoms with Crippen LogP contribution in [0.2, 0.25) is 0 Å². The highest BCUT2D eigenvalue weighted by molar-refractivity contribution is 6.17. The summed E-state index contributed by atoms with van der Waals surface area (Å²) in [6.07, 6.45) is 0.946. The van der Waals surface area contributed by atoms with E-state index in [0.29, 0.717) is 24.3 Å². The van der Waals surface area contributed by atoms with Crippen molar-refractivity contribution in [2.24, 2.45) is 7.05 Å². The van der Waals surface area contributed by atoms with Crippen LogP contribution in [-0.2, 0) is 13.6 Å². The molecule has 0 saturated carbocycles. The number of nitrogens with zero attached hydrogens (tertiary/aromatic N) is 4. The summed E-state index contributed by atoms with van der Waals surface area (Å²) in [6, 6.07) is 0.390. The lowest BCUT2D eigenvalue weighted by atomic mass is 10.2. The number of hydrogen-bond acceptors (Lipinski definition) is 4. The molecule has 1 atom stereocenters. The van der Waals surface area contributed by atoms with E-state index in [1.807, 2.05) is 0 Å². The van der Waals surface area contributed by atoms with Gasteiger partial charge in [-0.15, -0.1) is 21.8 Å². The normalized spacial score (nSPS) is 13.2. The largest absolute Gasteiger partial charge is 0.307 e. The number of aromatic nitrogens is 4. The van der Waals surface area contributed by atoms with E-state index in [1.165, 1.54) is 4.80 Å². The van der Waals surface area contributed by atoms with Crippen molar-refractivity contribution in [3.63, 3.8) is 0 Å². The fourth-order valence-electron chi connectivity index (χ4n) is 0.925. The van der Waals surface area contributed by atoms with Crippen molar-refractivity contribution in [2.45, 2.75) is 25.9 Å². The van der Waals surface area contributed by atoms with Crippen LogP contribution in [0.1, 0.15) is 19.2 Å². The molecular formula is C7H14ClN5. The minimum Gasteiger partial charge on any atom is -0.307 e. The standard InChI is InChI=1S/C7H14ClN5/c1-6(3-4-8)9-5-7-10-12-13(2)11-7/h6,9H,3-5H2,1-2H3. The molecule has 6 heteroatoms. The van der Waals surface area contributed by atoms with Crippen LogP contribution in [0, 0.1) is 0 Å². The summed E-state index contributed by atoms with van der Waals surface area (Å²) in [5.41, 5.74) is 0. The van der Waals surface area contributed by atoms with Crippen molar-refractivity contribution in [3.05, 3.63) is 5.82 Å². The average Bonchev–Trinajstić information content (AvgIpc) is 2.49. The second-order valence-electron chi connectivity index (χ2n) is 2.95. The van der Waals surface area contributed by atoms with Gasteiger partial charge in [0.25, 0.3) is 0 Å². The van der Waals surface area contributed by atoms with Crippen molar-refractivity contribution in [2.75, 3.05) is 5.88 Å². The minimum absolute atomic E-state index is 0.390.